The average Bonchev–Trinajstić information content (AvgIpc) is 2.00. The third-order valence-corrected chi connectivity index (χ3v) is 1.07. The zero-order chi connectivity index (χ0) is 9.56. The quantitative estimate of drug-likeness (QED) is 0.494. The normalized spacial score (nSPS) is 11.0. The van der Waals surface area contributed by atoms with Crippen LogP contribution in [0.4, 0.5) is 4.79 Å². The van der Waals surface area contributed by atoms with Crippen molar-refractivity contribution >= 4 is 12.0 Å². The molecule has 0 aliphatic carbocycles. The molecule has 0 saturated carbocycles. The van der Waals surface area contributed by atoms with E-state index >= 15 is 0 Å². The number of amides is 2. The summed E-state index contributed by atoms with van der Waals surface area (Å²) >= 11 is 0. The Labute approximate surface area is 70.1 Å². The van der Waals surface area contributed by atoms with Gasteiger partial charge in [0.2, 0.25) is 0 Å². The monoisotopic (exact) mass is 170 g/mol. The highest BCUT2D eigenvalue weighted by Crippen LogP contribution is 1.79. The van der Waals surface area contributed by atoms with Crippen molar-refractivity contribution in [1.82, 2.24) is 10.6 Å². The minimum Gasteiger partial charge on any atom is -0.480 e. The predicted octanol–water partition coefficient (Wildman–Crippen LogP) is -0.608. The zero-order valence-electron chi connectivity index (χ0n) is 6.63. The molecule has 0 aromatic carbocycles. The van der Waals surface area contributed by atoms with Gasteiger partial charge >= 0.3 is 12.0 Å². The molecule has 12 heavy (non-hydrogen) atoms. The summed E-state index contributed by atoms with van der Waals surface area (Å²) in [7, 11) is 0. The first-order chi connectivity index (χ1) is 5.57. The zero-order valence-corrected chi connectivity index (χ0v) is 6.63. The molecule has 0 spiro atoms. The van der Waals surface area contributed by atoms with Crippen LogP contribution in [0.2, 0.25) is 0 Å². The smallest absolute Gasteiger partial charge is 0.325 e. The SMILES string of the molecule is C#CCNC(=O)NC(C)C(=O)O. The van der Waals surface area contributed by atoms with Gasteiger partial charge in [-0.2, -0.15) is 0 Å². The van der Waals surface area contributed by atoms with Crippen LogP contribution in [0, 0.1) is 12.3 Å². The molecule has 3 N–H and O–H groups in total. The largest absolute Gasteiger partial charge is 0.480 e. The van der Waals surface area contributed by atoms with E-state index in [1.807, 2.05) is 0 Å². The topological polar surface area (TPSA) is 78.4 Å². The van der Waals surface area contributed by atoms with Crippen molar-refractivity contribution in [2.24, 2.45) is 0 Å². The molecule has 1 unspecified atom stereocenters. The Bertz CT molecular complexity index is 219. The number of hydrogen-bond donors (Lipinski definition) is 3. The van der Waals surface area contributed by atoms with Crippen molar-refractivity contribution in [2.75, 3.05) is 6.54 Å². The molecule has 5 heteroatoms. The van der Waals surface area contributed by atoms with Gasteiger partial charge in [-0.25, -0.2) is 4.79 Å². The van der Waals surface area contributed by atoms with Crippen LogP contribution in [0.1, 0.15) is 6.92 Å². The molecule has 0 bridgehead atoms. The Balaban J connectivity index is 3.71. The van der Waals surface area contributed by atoms with Crippen LogP contribution in [0.25, 0.3) is 0 Å². The molecule has 5 nitrogen and oxygen atoms in total. The van der Waals surface area contributed by atoms with Crippen molar-refractivity contribution in [3.05, 3.63) is 0 Å². The van der Waals surface area contributed by atoms with Crippen molar-refractivity contribution in [3.63, 3.8) is 0 Å². The summed E-state index contributed by atoms with van der Waals surface area (Å²) in [6.45, 7) is 1.44. The fourth-order valence-electron chi connectivity index (χ4n) is 0.441. The minimum atomic E-state index is -1.09. The van der Waals surface area contributed by atoms with Gasteiger partial charge in [-0.15, -0.1) is 6.42 Å². The van der Waals surface area contributed by atoms with Gasteiger partial charge in [0.05, 0.1) is 6.54 Å². The summed E-state index contributed by atoms with van der Waals surface area (Å²) in [5.74, 6) is 1.09. The number of carboxylic acids is 1. The van der Waals surface area contributed by atoms with Gasteiger partial charge in [0.25, 0.3) is 0 Å². The number of hydrogen-bond acceptors (Lipinski definition) is 2. The molecule has 0 heterocycles. The van der Waals surface area contributed by atoms with Crippen molar-refractivity contribution in [2.45, 2.75) is 13.0 Å². The van der Waals surface area contributed by atoms with E-state index in [4.69, 9.17) is 11.5 Å². The number of carboxylic acid groups (broad SMARTS) is 1. The molecule has 0 radical (unpaired) electrons. The van der Waals surface area contributed by atoms with Crippen LogP contribution >= 0.6 is 0 Å². The molecule has 0 aromatic heterocycles. The Kier molecular flexibility index (Phi) is 4.31. The fraction of sp³-hybridized carbons (Fsp3) is 0.429. The number of nitrogens with one attached hydrogen (secondary N) is 2. The Morgan fingerprint density at radius 3 is 2.67 bits per heavy atom. The predicted molar refractivity (Wildman–Crippen MR) is 42.5 cm³/mol. The van der Waals surface area contributed by atoms with Crippen LogP contribution in [0.15, 0.2) is 0 Å². The summed E-state index contributed by atoms with van der Waals surface area (Å²) in [4.78, 5) is 21.0. The highest BCUT2D eigenvalue weighted by atomic mass is 16.4. The third-order valence-electron chi connectivity index (χ3n) is 1.07. The average molecular weight is 170 g/mol. The Morgan fingerprint density at radius 2 is 2.25 bits per heavy atom. The maximum Gasteiger partial charge on any atom is 0.325 e. The summed E-state index contributed by atoms with van der Waals surface area (Å²) < 4.78 is 0. The van der Waals surface area contributed by atoms with E-state index in [-0.39, 0.29) is 6.54 Å². The van der Waals surface area contributed by atoms with Gasteiger partial charge in [0, 0.05) is 0 Å². The molecular formula is C7H10N2O3. The summed E-state index contributed by atoms with van der Waals surface area (Å²) in [6.07, 6.45) is 4.86. The van der Waals surface area contributed by atoms with E-state index in [0.717, 1.165) is 0 Å². The highest BCUT2D eigenvalue weighted by Gasteiger charge is 2.12. The lowest BCUT2D eigenvalue weighted by Gasteiger charge is -2.08. The summed E-state index contributed by atoms with van der Waals surface area (Å²) in [5.41, 5.74) is 0. The van der Waals surface area contributed by atoms with E-state index in [0.29, 0.717) is 0 Å². The lowest BCUT2D eigenvalue weighted by atomic mass is 10.3. The lowest BCUT2D eigenvalue weighted by molar-refractivity contribution is -0.138. The Hall–Kier alpha value is -1.70. The molecule has 1 atom stereocenters. The standard InChI is InChI=1S/C7H10N2O3/c1-3-4-8-7(12)9-5(2)6(10)11/h1,5H,4H2,2H3,(H,10,11)(H2,8,9,12). The molecule has 0 rings (SSSR count). The molecule has 0 aromatic rings. The number of carbonyl (C=O) groups excluding carboxylic acids is 1. The van der Waals surface area contributed by atoms with Crippen LogP contribution in [0.5, 0.6) is 0 Å². The highest BCUT2D eigenvalue weighted by molar-refractivity contribution is 5.82. The molecule has 0 aliphatic rings. The van der Waals surface area contributed by atoms with Gasteiger partial charge < -0.3 is 15.7 Å². The van der Waals surface area contributed by atoms with E-state index in [1.165, 1.54) is 6.92 Å². The molecule has 0 fully saturated rings. The number of urea groups is 1. The van der Waals surface area contributed by atoms with E-state index in [1.54, 1.807) is 0 Å². The first kappa shape index (κ1) is 10.3. The second-order valence-corrected chi connectivity index (χ2v) is 2.09. The maximum absolute atomic E-state index is 10.7. The van der Waals surface area contributed by atoms with E-state index < -0.39 is 18.0 Å². The third kappa shape index (κ3) is 4.17. The molecule has 0 aliphatic heterocycles. The number of carbonyl (C=O) groups is 2. The maximum atomic E-state index is 10.7. The number of terminal acetylenes is 1. The second kappa shape index (κ2) is 5.02. The van der Waals surface area contributed by atoms with Gasteiger partial charge in [-0.05, 0) is 6.92 Å². The lowest BCUT2D eigenvalue weighted by Crippen LogP contribution is -2.44. The molecule has 0 saturated heterocycles. The van der Waals surface area contributed by atoms with Crippen molar-refractivity contribution < 1.29 is 14.7 Å². The molecular weight excluding hydrogens is 160 g/mol. The molecule has 66 valence electrons. The summed E-state index contributed by atoms with van der Waals surface area (Å²) in [6, 6.07) is -1.49. The van der Waals surface area contributed by atoms with Crippen LogP contribution in [-0.4, -0.2) is 29.7 Å². The van der Waals surface area contributed by atoms with Crippen molar-refractivity contribution in [1.29, 1.82) is 0 Å². The number of aliphatic carboxylic acids is 1. The Morgan fingerprint density at radius 1 is 1.67 bits per heavy atom. The van der Waals surface area contributed by atoms with Gasteiger partial charge in [-0.1, -0.05) is 5.92 Å². The van der Waals surface area contributed by atoms with E-state index in [9.17, 15) is 9.59 Å². The minimum absolute atomic E-state index is 0.0815. The number of rotatable bonds is 3. The second-order valence-electron chi connectivity index (χ2n) is 2.09. The van der Waals surface area contributed by atoms with Gasteiger partial charge in [-0.3, -0.25) is 4.79 Å². The first-order valence-corrected chi connectivity index (χ1v) is 3.28. The van der Waals surface area contributed by atoms with Crippen LogP contribution in [-0.2, 0) is 4.79 Å². The summed E-state index contributed by atoms with van der Waals surface area (Å²) in [5, 5.41) is 12.8. The van der Waals surface area contributed by atoms with Crippen LogP contribution in [0.3, 0.4) is 0 Å². The first-order valence-electron chi connectivity index (χ1n) is 3.28. The molecule has 2 amide bonds. The fourth-order valence-corrected chi connectivity index (χ4v) is 0.441. The van der Waals surface area contributed by atoms with Crippen LogP contribution < -0.4 is 10.6 Å². The van der Waals surface area contributed by atoms with Gasteiger partial charge in [0.15, 0.2) is 0 Å². The van der Waals surface area contributed by atoms with Crippen molar-refractivity contribution in [3.8, 4) is 12.3 Å². The van der Waals surface area contributed by atoms with Gasteiger partial charge in [0.1, 0.15) is 6.04 Å². The van der Waals surface area contributed by atoms with E-state index in [2.05, 4.69) is 16.6 Å².